The Bertz CT molecular complexity index is 510. The number of hydrogen-bond donors (Lipinski definition) is 3. The Morgan fingerprint density at radius 2 is 1.94 bits per heavy atom. The van der Waals surface area contributed by atoms with Crippen molar-refractivity contribution in [2.24, 2.45) is 0 Å². The summed E-state index contributed by atoms with van der Waals surface area (Å²) >= 11 is 0. The zero-order chi connectivity index (χ0) is 12.3. The first kappa shape index (κ1) is 11.8. The summed E-state index contributed by atoms with van der Waals surface area (Å²) in [5.41, 5.74) is 2.03. The lowest BCUT2D eigenvalue weighted by atomic mass is 10.1. The van der Waals surface area contributed by atoms with Gasteiger partial charge in [-0.25, -0.2) is 4.98 Å². The molecule has 0 atom stereocenters. The van der Waals surface area contributed by atoms with E-state index in [2.05, 4.69) is 10.3 Å². The molecule has 0 bridgehead atoms. The number of aryl methyl sites for hydroxylation is 1. The van der Waals surface area contributed by atoms with Gasteiger partial charge in [-0.3, -0.25) is 0 Å². The molecule has 0 amide bonds. The predicted octanol–water partition coefficient (Wildman–Crippen LogP) is 1.31. The lowest BCUT2D eigenvalue weighted by Crippen LogP contribution is -2.28. The van der Waals surface area contributed by atoms with Crippen LogP contribution in [0.4, 0.5) is 5.82 Å². The average molecular weight is 232 g/mol. The van der Waals surface area contributed by atoms with E-state index < -0.39 is 0 Å². The topological polar surface area (TPSA) is 65.4 Å². The molecular weight excluding hydrogens is 216 g/mol. The molecule has 0 saturated carbocycles. The number of rotatable bonds is 4. The van der Waals surface area contributed by atoms with Crippen molar-refractivity contribution in [3.8, 4) is 0 Å². The van der Waals surface area contributed by atoms with E-state index >= 15 is 0 Å². The van der Waals surface area contributed by atoms with E-state index in [1.54, 1.807) is 0 Å². The van der Waals surface area contributed by atoms with Crippen LogP contribution >= 0.6 is 0 Å². The van der Waals surface area contributed by atoms with Crippen LogP contribution < -0.4 is 5.32 Å². The van der Waals surface area contributed by atoms with Crippen LogP contribution in [0, 0.1) is 6.92 Å². The molecule has 4 nitrogen and oxygen atoms in total. The number of nitrogens with one attached hydrogen (secondary N) is 1. The summed E-state index contributed by atoms with van der Waals surface area (Å²) in [5, 5.41) is 22.2. The third kappa shape index (κ3) is 2.54. The number of anilines is 1. The summed E-state index contributed by atoms with van der Waals surface area (Å²) in [6.07, 6.45) is 0. The molecule has 0 saturated heterocycles. The molecule has 0 aliphatic heterocycles. The van der Waals surface area contributed by atoms with E-state index in [1.807, 2.05) is 37.3 Å². The van der Waals surface area contributed by atoms with Gasteiger partial charge in [0.05, 0.1) is 24.8 Å². The minimum atomic E-state index is -0.372. The summed E-state index contributed by atoms with van der Waals surface area (Å²) < 4.78 is 0. The Balaban J connectivity index is 2.36. The van der Waals surface area contributed by atoms with E-state index in [0.29, 0.717) is 5.82 Å². The molecule has 0 radical (unpaired) electrons. The van der Waals surface area contributed by atoms with Crippen molar-refractivity contribution >= 4 is 16.7 Å². The molecule has 0 aliphatic rings. The molecule has 1 aromatic heterocycles. The third-order valence-corrected chi connectivity index (χ3v) is 2.72. The van der Waals surface area contributed by atoms with E-state index in [1.165, 1.54) is 0 Å². The zero-order valence-electron chi connectivity index (χ0n) is 9.72. The number of hydrogen-bond acceptors (Lipinski definition) is 4. The fourth-order valence-corrected chi connectivity index (χ4v) is 1.78. The molecule has 0 fully saturated rings. The minimum Gasteiger partial charge on any atom is -0.394 e. The smallest absolute Gasteiger partial charge is 0.127 e. The Morgan fingerprint density at radius 1 is 1.24 bits per heavy atom. The van der Waals surface area contributed by atoms with Crippen molar-refractivity contribution in [2.45, 2.75) is 13.0 Å². The molecule has 2 aromatic rings. The van der Waals surface area contributed by atoms with E-state index in [9.17, 15) is 0 Å². The highest BCUT2D eigenvalue weighted by Crippen LogP contribution is 2.19. The van der Waals surface area contributed by atoms with Crippen molar-refractivity contribution in [3.63, 3.8) is 0 Å². The van der Waals surface area contributed by atoms with Crippen molar-refractivity contribution in [1.82, 2.24) is 4.98 Å². The minimum absolute atomic E-state index is 0.121. The largest absolute Gasteiger partial charge is 0.394 e. The van der Waals surface area contributed by atoms with Gasteiger partial charge in [-0.15, -0.1) is 0 Å². The van der Waals surface area contributed by atoms with Crippen LogP contribution in [0.2, 0.25) is 0 Å². The van der Waals surface area contributed by atoms with E-state index in [0.717, 1.165) is 16.5 Å². The maximum Gasteiger partial charge on any atom is 0.127 e. The number of pyridine rings is 1. The monoisotopic (exact) mass is 232 g/mol. The molecule has 0 unspecified atom stereocenters. The van der Waals surface area contributed by atoms with Crippen molar-refractivity contribution < 1.29 is 10.2 Å². The fraction of sp³-hybridized carbons (Fsp3) is 0.308. The van der Waals surface area contributed by atoms with Crippen LogP contribution in [0.3, 0.4) is 0 Å². The first-order valence-corrected chi connectivity index (χ1v) is 5.59. The lowest BCUT2D eigenvalue weighted by Gasteiger charge is -2.15. The summed E-state index contributed by atoms with van der Waals surface area (Å²) in [5.74, 6) is 0.675. The molecule has 1 heterocycles. The van der Waals surface area contributed by atoms with Crippen LogP contribution in [-0.4, -0.2) is 34.5 Å². The third-order valence-electron chi connectivity index (χ3n) is 2.72. The summed E-state index contributed by atoms with van der Waals surface area (Å²) in [7, 11) is 0. The highest BCUT2D eigenvalue weighted by atomic mass is 16.3. The standard InChI is InChI=1S/C13H16N2O2/c1-9-6-13(14-10(7-16)8-17)15-12-5-3-2-4-11(9)12/h2-6,10,16-17H,7-8H2,1H3,(H,14,15). The quantitative estimate of drug-likeness (QED) is 0.743. The second kappa shape index (κ2) is 5.12. The number of aliphatic hydroxyl groups is 2. The predicted molar refractivity (Wildman–Crippen MR) is 68.1 cm³/mol. The van der Waals surface area contributed by atoms with Crippen LogP contribution in [0.25, 0.3) is 10.9 Å². The van der Waals surface area contributed by atoms with Gasteiger partial charge >= 0.3 is 0 Å². The number of nitrogens with zero attached hydrogens (tertiary/aromatic N) is 1. The first-order chi connectivity index (χ1) is 8.24. The normalized spacial score (nSPS) is 11.1. The number of para-hydroxylation sites is 1. The number of benzene rings is 1. The second-order valence-electron chi connectivity index (χ2n) is 4.05. The van der Waals surface area contributed by atoms with Gasteiger partial charge in [-0.2, -0.15) is 0 Å². The van der Waals surface area contributed by atoms with Crippen LogP contribution in [-0.2, 0) is 0 Å². The Hall–Kier alpha value is -1.65. The van der Waals surface area contributed by atoms with Crippen molar-refractivity contribution in [1.29, 1.82) is 0 Å². The second-order valence-corrected chi connectivity index (χ2v) is 4.05. The van der Waals surface area contributed by atoms with Gasteiger partial charge < -0.3 is 15.5 Å². The van der Waals surface area contributed by atoms with Crippen LogP contribution in [0.5, 0.6) is 0 Å². The average Bonchev–Trinajstić information content (AvgIpc) is 2.36. The van der Waals surface area contributed by atoms with Gasteiger partial charge in [0, 0.05) is 5.39 Å². The SMILES string of the molecule is Cc1cc(NC(CO)CO)nc2ccccc12. The number of aliphatic hydroxyl groups excluding tert-OH is 2. The van der Waals surface area contributed by atoms with Crippen LogP contribution in [0.1, 0.15) is 5.56 Å². The maximum atomic E-state index is 9.02. The van der Waals surface area contributed by atoms with Crippen molar-refractivity contribution in [3.05, 3.63) is 35.9 Å². The zero-order valence-corrected chi connectivity index (χ0v) is 9.72. The van der Waals surface area contributed by atoms with Crippen LogP contribution in [0.15, 0.2) is 30.3 Å². The Kier molecular flexibility index (Phi) is 3.56. The van der Waals surface area contributed by atoms with Gasteiger partial charge in [-0.1, -0.05) is 18.2 Å². The summed E-state index contributed by atoms with van der Waals surface area (Å²) in [6.45, 7) is 1.77. The molecule has 0 spiro atoms. The Labute approximate surface area is 99.9 Å². The maximum absolute atomic E-state index is 9.02. The molecule has 90 valence electrons. The van der Waals surface area contributed by atoms with E-state index in [4.69, 9.17) is 10.2 Å². The molecule has 2 rings (SSSR count). The number of fused-ring (bicyclic) bond motifs is 1. The molecular formula is C13H16N2O2. The lowest BCUT2D eigenvalue weighted by molar-refractivity contribution is 0.203. The van der Waals surface area contributed by atoms with E-state index in [-0.39, 0.29) is 19.3 Å². The van der Waals surface area contributed by atoms with Gasteiger partial charge in [0.15, 0.2) is 0 Å². The molecule has 1 aromatic carbocycles. The first-order valence-electron chi connectivity index (χ1n) is 5.59. The Morgan fingerprint density at radius 3 is 2.65 bits per heavy atom. The van der Waals surface area contributed by atoms with Gasteiger partial charge in [0.2, 0.25) is 0 Å². The molecule has 17 heavy (non-hydrogen) atoms. The summed E-state index contributed by atoms with van der Waals surface area (Å²) in [6, 6.07) is 9.43. The fourth-order valence-electron chi connectivity index (χ4n) is 1.78. The molecule has 0 aliphatic carbocycles. The summed E-state index contributed by atoms with van der Waals surface area (Å²) in [4.78, 5) is 4.44. The molecule has 3 N–H and O–H groups in total. The highest BCUT2D eigenvalue weighted by Gasteiger charge is 2.07. The van der Waals surface area contributed by atoms with Gasteiger partial charge in [0.1, 0.15) is 5.82 Å². The van der Waals surface area contributed by atoms with Gasteiger partial charge in [-0.05, 0) is 24.6 Å². The van der Waals surface area contributed by atoms with Crippen molar-refractivity contribution in [2.75, 3.05) is 18.5 Å². The highest BCUT2D eigenvalue weighted by molar-refractivity contribution is 5.83. The number of aromatic nitrogens is 1. The van der Waals surface area contributed by atoms with Gasteiger partial charge in [0.25, 0.3) is 0 Å². The molecule has 4 heteroatoms.